The summed E-state index contributed by atoms with van der Waals surface area (Å²) in [5, 5.41) is -1.08. The van der Waals surface area contributed by atoms with E-state index in [1.807, 2.05) is 0 Å². The first-order valence-corrected chi connectivity index (χ1v) is 8.97. The highest BCUT2D eigenvalue weighted by Crippen LogP contribution is 2.32. The van der Waals surface area contributed by atoms with Crippen LogP contribution in [-0.4, -0.2) is 32.1 Å². The molecule has 1 amide bonds. The SMILES string of the molecule is COc1ccc(C(N)=O)cc1NS(=O)(=O)[C@@H]1CCCC[C@H]1Cl. The van der Waals surface area contributed by atoms with E-state index in [0.29, 0.717) is 18.6 Å². The molecule has 8 heteroatoms. The number of anilines is 1. The van der Waals surface area contributed by atoms with E-state index in [2.05, 4.69) is 4.72 Å². The van der Waals surface area contributed by atoms with Gasteiger partial charge in [0.25, 0.3) is 0 Å². The Balaban J connectivity index is 2.31. The van der Waals surface area contributed by atoms with Gasteiger partial charge < -0.3 is 10.5 Å². The topological polar surface area (TPSA) is 98.5 Å². The Hall–Kier alpha value is -1.47. The van der Waals surface area contributed by atoms with Gasteiger partial charge >= 0.3 is 0 Å². The molecule has 2 atom stereocenters. The first kappa shape index (κ1) is 16.9. The van der Waals surface area contributed by atoms with Gasteiger partial charge in [-0.05, 0) is 31.0 Å². The maximum Gasteiger partial charge on any atom is 0.248 e. The molecule has 0 unspecified atom stereocenters. The number of methoxy groups -OCH3 is 1. The Bertz CT molecular complexity index is 663. The number of nitrogens with two attached hydrogens (primary N) is 1. The molecule has 1 aromatic rings. The van der Waals surface area contributed by atoms with Crippen LogP contribution in [-0.2, 0) is 10.0 Å². The van der Waals surface area contributed by atoms with Crippen molar-refractivity contribution < 1.29 is 17.9 Å². The molecule has 2 rings (SSSR count). The third-order valence-electron chi connectivity index (χ3n) is 3.76. The van der Waals surface area contributed by atoms with E-state index in [-0.39, 0.29) is 11.3 Å². The van der Waals surface area contributed by atoms with Gasteiger partial charge in [-0.2, -0.15) is 0 Å². The molecule has 0 heterocycles. The third-order valence-corrected chi connectivity index (χ3v) is 6.29. The summed E-state index contributed by atoms with van der Waals surface area (Å²) in [6.07, 6.45) is 2.95. The van der Waals surface area contributed by atoms with Crippen molar-refractivity contribution in [3.63, 3.8) is 0 Å². The van der Waals surface area contributed by atoms with Crippen LogP contribution in [0.25, 0.3) is 0 Å². The molecule has 122 valence electrons. The first-order valence-electron chi connectivity index (χ1n) is 6.98. The second-order valence-electron chi connectivity index (χ2n) is 5.27. The van der Waals surface area contributed by atoms with Gasteiger partial charge in [0.2, 0.25) is 15.9 Å². The van der Waals surface area contributed by atoms with Crippen molar-refractivity contribution in [2.75, 3.05) is 11.8 Å². The zero-order chi connectivity index (χ0) is 16.3. The number of carbonyl (C=O) groups is 1. The lowest BCUT2D eigenvalue weighted by atomic mass is 10.00. The van der Waals surface area contributed by atoms with Crippen LogP contribution in [0.1, 0.15) is 36.0 Å². The minimum absolute atomic E-state index is 0.188. The Morgan fingerprint density at radius 1 is 1.36 bits per heavy atom. The highest BCUT2D eigenvalue weighted by Gasteiger charge is 2.35. The summed E-state index contributed by atoms with van der Waals surface area (Å²) in [7, 11) is -2.26. The smallest absolute Gasteiger partial charge is 0.248 e. The number of hydrogen-bond donors (Lipinski definition) is 2. The normalized spacial score (nSPS) is 22.1. The lowest BCUT2D eigenvalue weighted by molar-refractivity contribution is 0.100. The first-order chi connectivity index (χ1) is 10.3. The van der Waals surface area contributed by atoms with Crippen LogP contribution < -0.4 is 15.2 Å². The van der Waals surface area contributed by atoms with Crippen LogP contribution in [0, 0.1) is 0 Å². The van der Waals surface area contributed by atoms with E-state index in [4.69, 9.17) is 22.1 Å². The van der Waals surface area contributed by atoms with Crippen LogP contribution in [0.5, 0.6) is 5.75 Å². The molecular formula is C14H19ClN2O4S. The van der Waals surface area contributed by atoms with Crippen molar-refractivity contribution in [3.05, 3.63) is 23.8 Å². The number of carbonyl (C=O) groups excluding carboxylic acids is 1. The number of alkyl halides is 1. The van der Waals surface area contributed by atoms with E-state index in [0.717, 1.165) is 12.8 Å². The minimum Gasteiger partial charge on any atom is -0.495 e. The van der Waals surface area contributed by atoms with Crippen molar-refractivity contribution in [1.29, 1.82) is 0 Å². The Kier molecular flexibility index (Phi) is 5.18. The summed E-state index contributed by atoms with van der Waals surface area (Å²) >= 11 is 6.16. The summed E-state index contributed by atoms with van der Waals surface area (Å²) in [6.45, 7) is 0. The highest BCUT2D eigenvalue weighted by molar-refractivity contribution is 7.93. The van der Waals surface area contributed by atoms with Crippen LogP contribution in [0.3, 0.4) is 0 Å². The third kappa shape index (κ3) is 3.64. The van der Waals surface area contributed by atoms with Gasteiger partial charge in [-0.3, -0.25) is 9.52 Å². The molecule has 1 saturated carbocycles. The number of halogens is 1. The standard InChI is InChI=1S/C14H19ClN2O4S/c1-21-12-7-6-9(14(16)18)8-11(12)17-22(19,20)13-5-3-2-4-10(13)15/h6-8,10,13,17H,2-5H2,1H3,(H2,16,18)/t10-,13-/m1/s1. The van der Waals surface area contributed by atoms with Crippen molar-refractivity contribution in [3.8, 4) is 5.75 Å². The monoisotopic (exact) mass is 346 g/mol. The summed E-state index contributed by atoms with van der Waals surface area (Å²) in [4.78, 5) is 11.3. The Labute approximate surface area is 135 Å². The summed E-state index contributed by atoms with van der Waals surface area (Å²) < 4.78 is 32.7. The van der Waals surface area contributed by atoms with E-state index >= 15 is 0 Å². The van der Waals surface area contributed by atoms with Gasteiger partial charge in [0.1, 0.15) is 5.75 Å². The van der Waals surface area contributed by atoms with Gasteiger partial charge in [0, 0.05) is 5.56 Å². The quantitative estimate of drug-likeness (QED) is 0.797. The maximum atomic E-state index is 12.5. The van der Waals surface area contributed by atoms with Crippen LogP contribution in [0.15, 0.2) is 18.2 Å². The van der Waals surface area contributed by atoms with Crippen molar-refractivity contribution >= 4 is 33.2 Å². The van der Waals surface area contributed by atoms with Crippen molar-refractivity contribution in [2.45, 2.75) is 36.3 Å². The number of benzene rings is 1. The van der Waals surface area contributed by atoms with E-state index in [1.165, 1.54) is 25.3 Å². The molecule has 1 aliphatic carbocycles. The number of primary amides is 1. The fourth-order valence-electron chi connectivity index (χ4n) is 2.57. The molecule has 0 spiro atoms. The lowest BCUT2D eigenvalue weighted by Gasteiger charge is -2.27. The van der Waals surface area contributed by atoms with Crippen molar-refractivity contribution in [2.24, 2.45) is 5.73 Å². The number of ether oxygens (including phenoxy) is 1. The molecule has 6 nitrogen and oxygen atoms in total. The molecule has 1 aliphatic rings. The maximum absolute atomic E-state index is 12.5. The summed E-state index contributed by atoms with van der Waals surface area (Å²) in [5.41, 5.74) is 5.61. The molecule has 0 radical (unpaired) electrons. The molecule has 0 aliphatic heterocycles. The Morgan fingerprint density at radius 2 is 2.05 bits per heavy atom. The predicted octanol–water partition coefficient (Wildman–Crippen LogP) is 2.09. The molecule has 0 aromatic heterocycles. The second kappa shape index (κ2) is 6.75. The van der Waals surface area contributed by atoms with Gasteiger partial charge in [-0.1, -0.05) is 12.8 Å². The summed E-state index contributed by atoms with van der Waals surface area (Å²) in [6, 6.07) is 4.34. The van der Waals surface area contributed by atoms with E-state index in [1.54, 1.807) is 0 Å². The fourth-order valence-corrected chi connectivity index (χ4v) is 4.88. The number of hydrogen-bond acceptors (Lipinski definition) is 4. The largest absolute Gasteiger partial charge is 0.495 e. The van der Waals surface area contributed by atoms with Crippen LogP contribution in [0.2, 0.25) is 0 Å². The van der Waals surface area contributed by atoms with E-state index < -0.39 is 26.6 Å². The number of rotatable bonds is 5. The zero-order valence-corrected chi connectivity index (χ0v) is 13.8. The number of sulfonamides is 1. The molecule has 22 heavy (non-hydrogen) atoms. The molecule has 3 N–H and O–H groups in total. The summed E-state index contributed by atoms with van der Waals surface area (Å²) in [5.74, 6) is -0.327. The Morgan fingerprint density at radius 3 is 2.64 bits per heavy atom. The fraction of sp³-hybridized carbons (Fsp3) is 0.500. The zero-order valence-electron chi connectivity index (χ0n) is 12.2. The van der Waals surface area contributed by atoms with Gasteiger partial charge in [0.15, 0.2) is 0 Å². The minimum atomic E-state index is -3.67. The van der Waals surface area contributed by atoms with Crippen LogP contribution in [0.4, 0.5) is 5.69 Å². The molecule has 0 saturated heterocycles. The average molecular weight is 347 g/mol. The average Bonchev–Trinajstić information content (AvgIpc) is 2.47. The van der Waals surface area contributed by atoms with E-state index in [9.17, 15) is 13.2 Å². The number of nitrogens with one attached hydrogen (secondary N) is 1. The van der Waals surface area contributed by atoms with Crippen LogP contribution >= 0.6 is 11.6 Å². The van der Waals surface area contributed by atoms with Gasteiger partial charge in [0.05, 0.1) is 23.4 Å². The van der Waals surface area contributed by atoms with Crippen molar-refractivity contribution in [1.82, 2.24) is 0 Å². The molecule has 0 bridgehead atoms. The van der Waals surface area contributed by atoms with Gasteiger partial charge in [-0.25, -0.2) is 8.42 Å². The second-order valence-corrected chi connectivity index (χ2v) is 7.73. The highest BCUT2D eigenvalue weighted by atomic mass is 35.5. The molecule has 1 fully saturated rings. The molecular weight excluding hydrogens is 328 g/mol. The molecule has 1 aromatic carbocycles. The predicted molar refractivity (Wildman–Crippen MR) is 86.0 cm³/mol. The van der Waals surface area contributed by atoms with Gasteiger partial charge in [-0.15, -0.1) is 11.6 Å². The lowest BCUT2D eigenvalue weighted by Crippen LogP contribution is -2.37. The number of amides is 1.